The van der Waals surface area contributed by atoms with Gasteiger partial charge in [0.25, 0.3) is 5.91 Å². The van der Waals surface area contributed by atoms with Crippen LogP contribution in [0.3, 0.4) is 0 Å². The number of hydrogen-bond acceptors (Lipinski definition) is 2. The molecule has 2 aromatic carbocycles. The van der Waals surface area contributed by atoms with Gasteiger partial charge in [0.15, 0.2) is 0 Å². The minimum atomic E-state index is 0.00795. The molecule has 130 valence electrons. The van der Waals surface area contributed by atoms with Gasteiger partial charge in [-0.25, -0.2) is 0 Å². The maximum Gasteiger partial charge on any atom is 0.256 e. The molecule has 3 aromatic rings. The van der Waals surface area contributed by atoms with E-state index in [0.29, 0.717) is 0 Å². The van der Waals surface area contributed by atoms with Crippen molar-refractivity contribution in [3.8, 4) is 0 Å². The summed E-state index contributed by atoms with van der Waals surface area (Å²) >= 11 is 1.73. The molecule has 2 nitrogen and oxygen atoms in total. The monoisotopic (exact) mass is 359 g/mol. The molecule has 0 radical (unpaired) electrons. The van der Waals surface area contributed by atoms with Gasteiger partial charge < -0.3 is 5.32 Å². The van der Waals surface area contributed by atoms with E-state index in [1.165, 1.54) is 23.3 Å². The first-order valence-corrected chi connectivity index (χ1v) is 9.91. The number of benzene rings is 2. The number of fused-ring (bicyclic) bond motifs is 1. The van der Waals surface area contributed by atoms with Crippen molar-refractivity contribution in [1.29, 1.82) is 0 Å². The number of aryl methyl sites for hydroxylation is 1. The molecule has 1 aliphatic carbocycles. The van der Waals surface area contributed by atoms with E-state index in [-0.39, 0.29) is 5.91 Å². The Balaban J connectivity index is 1.49. The highest BCUT2D eigenvalue weighted by Crippen LogP contribution is 2.30. The van der Waals surface area contributed by atoms with Crippen molar-refractivity contribution in [1.82, 2.24) is 0 Å². The lowest BCUT2D eigenvalue weighted by atomic mass is 9.95. The van der Waals surface area contributed by atoms with Crippen molar-refractivity contribution in [2.24, 2.45) is 0 Å². The van der Waals surface area contributed by atoms with Crippen molar-refractivity contribution in [3.63, 3.8) is 0 Å². The second-order valence-corrected chi connectivity index (χ2v) is 7.55. The largest absolute Gasteiger partial charge is 0.322 e. The summed E-state index contributed by atoms with van der Waals surface area (Å²) in [6.45, 7) is 0. The number of carbonyl (C=O) groups excluding carboxylic acids is 1. The molecule has 1 amide bonds. The average molecular weight is 359 g/mol. The molecule has 0 unspecified atom stereocenters. The number of thiophene rings is 1. The van der Waals surface area contributed by atoms with Gasteiger partial charge in [0.05, 0.1) is 5.56 Å². The van der Waals surface area contributed by atoms with Crippen molar-refractivity contribution in [3.05, 3.63) is 87.1 Å². The van der Waals surface area contributed by atoms with Crippen LogP contribution in [0.4, 0.5) is 5.69 Å². The van der Waals surface area contributed by atoms with Gasteiger partial charge in [-0.05, 0) is 54.5 Å². The summed E-state index contributed by atoms with van der Waals surface area (Å²) in [4.78, 5) is 14.1. The van der Waals surface area contributed by atoms with Gasteiger partial charge >= 0.3 is 0 Å². The Hall–Kier alpha value is -2.65. The molecule has 1 N–H and O–H groups in total. The van der Waals surface area contributed by atoms with Crippen molar-refractivity contribution in [2.75, 3.05) is 5.32 Å². The van der Waals surface area contributed by atoms with Gasteiger partial charge in [0.1, 0.15) is 0 Å². The summed E-state index contributed by atoms with van der Waals surface area (Å²) in [5.74, 6) is 0.00795. The standard InChI is InChI=1S/C23H21NOS/c25-23(21-16-26-22-12-5-4-11-20(21)22)24-19-10-6-9-18(15-19)14-13-17-7-2-1-3-8-17/h1-3,6-10,13-16H,4-5,11-12H2,(H,24,25)/b14-13+. The van der Waals surface area contributed by atoms with Crippen LogP contribution in [0.25, 0.3) is 12.2 Å². The number of amides is 1. The van der Waals surface area contributed by atoms with Crippen LogP contribution in [0.1, 0.15) is 44.8 Å². The Morgan fingerprint density at radius 3 is 2.58 bits per heavy atom. The normalized spacial score (nSPS) is 13.5. The van der Waals surface area contributed by atoms with Crippen LogP contribution < -0.4 is 5.32 Å². The summed E-state index contributed by atoms with van der Waals surface area (Å²) in [6, 6.07) is 18.2. The van der Waals surface area contributed by atoms with Crippen molar-refractivity contribution >= 4 is 35.1 Å². The number of rotatable bonds is 4. The van der Waals surface area contributed by atoms with E-state index in [4.69, 9.17) is 0 Å². The lowest BCUT2D eigenvalue weighted by Gasteiger charge is -2.13. The molecular weight excluding hydrogens is 338 g/mol. The van der Waals surface area contributed by atoms with E-state index in [9.17, 15) is 4.79 Å². The molecule has 0 fully saturated rings. The zero-order valence-corrected chi connectivity index (χ0v) is 15.4. The molecule has 1 aromatic heterocycles. The lowest BCUT2D eigenvalue weighted by molar-refractivity contribution is 0.102. The van der Waals surface area contributed by atoms with E-state index >= 15 is 0 Å². The van der Waals surface area contributed by atoms with E-state index in [1.54, 1.807) is 11.3 Å². The van der Waals surface area contributed by atoms with Crippen LogP contribution in [0.15, 0.2) is 60.0 Å². The van der Waals surface area contributed by atoms with Crippen LogP contribution in [-0.4, -0.2) is 5.91 Å². The zero-order valence-electron chi connectivity index (χ0n) is 14.6. The maximum absolute atomic E-state index is 12.7. The first-order chi connectivity index (χ1) is 12.8. The van der Waals surface area contributed by atoms with E-state index in [0.717, 1.165) is 35.2 Å². The highest BCUT2D eigenvalue weighted by molar-refractivity contribution is 7.10. The second kappa shape index (κ2) is 7.71. The van der Waals surface area contributed by atoms with Crippen molar-refractivity contribution in [2.45, 2.75) is 25.7 Å². The summed E-state index contributed by atoms with van der Waals surface area (Å²) in [7, 11) is 0. The molecule has 0 aliphatic heterocycles. The first-order valence-electron chi connectivity index (χ1n) is 9.03. The van der Waals surface area contributed by atoms with Crippen LogP contribution in [0.5, 0.6) is 0 Å². The number of hydrogen-bond donors (Lipinski definition) is 1. The van der Waals surface area contributed by atoms with Gasteiger partial charge in [-0.2, -0.15) is 0 Å². The molecule has 0 bridgehead atoms. The lowest BCUT2D eigenvalue weighted by Crippen LogP contribution is -2.14. The Morgan fingerprint density at radius 2 is 1.69 bits per heavy atom. The van der Waals surface area contributed by atoms with E-state index < -0.39 is 0 Å². The Bertz CT molecular complexity index is 940. The highest BCUT2D eigenvalue weighted by Gasteiger charge is 2.20. The van der Waals surface area contributed by atoms with Crippen LogP contribution in [0, 0.1) is 0 Å². The van der Waals surface area contributed by atoms with Gasteiger partial charge in [-0.1, -0.05) is 54.6 Å². The van der Waals surface area contributed by atoms with Crippen LogP contribution in [-0.2, 0) is 12.8 Å². The minimum absolute atomic E-state index is 0.00795. The van der Waals surface area contributed by atoms with E-state index in [2.05, 4.69) is 29.6 Å². The van der Waals surface area contributed by atoms with Gasteiger partial charge in [0, 0.05) is 15.9 Å². The Kier molecular flexibility index (Phi) is 4.98. The van der Waals surface area contributed by atoms with Crippen molar-refractivity contribution < 1.29 is 4.79 Å². The van der Waals surface area contributed by atoms with E-state index in [1.807, 2.05) is 47.8 Å². The molecule has 3 heteroatoms. The highest BCUT2D eigenvalue weighted by atomic mass is 32.1. The molecule has 26 heavy (non-hydrogen) atoms. The predicted octanol–water partition coefficient (Wildman–Crippen LogP) is 6.05. The topological polar surface area (TPSA) is 29.1 Å². The summed E-state index contributed by atoms with van der Waals surface area (Å²) in [5.41, 5.74) is 5.18. The fraction of sp³-hybridized carbons (Fsp3) is 0.174. The average Bonchev–Trinajstić information content (AvgIpc) is 3.12. The molecule has 0 saturated carbocycles. The Labute approximate surface area is 158 Å². The maximum atomic E-state index is 12.7. The first kappa shape index (κ1) is 16.8. The van der Waals surface area contributed by atoms with Gasteiger partial charge in [-0.3, -0.25) is 4.79 Å². The zero-order chi connectivity index (χ0) is 17.8. The van der Waals surface area contributed by atoms with Crippen LogP contribution >= 0.6 is 11.3 Å². The summed E-state index contributed by atoms with van der Waals surface area (Å²) in [6.07, 6.45) is 8.72. The number of anilines is 1. The summed E-state index contributed by atoms with van der Waals surface area (Å²) < 4.78 is 0. The summed E-state index contributed by atoms with van der Waals surface area (Å²) in [5, 5.41) is 5.09. The Morgan fingerprint density at radius 1 is 0.923 bits per heavy atom. The molecule has 1 aliphatic rings. The molecule has 0 atom stereocenters. The second-order valence-electron chi connectivity index (χ2n) is 6.58. The SMILES string of the molecule is O=C(Nc1cccc(/C=C/c2ccccc2)c1)c1csc2c1CCCC2. The quantitative estimate of drug-likeness (QED) is 0.565. The smallest absolute Gasteiger partial charge is 0.256 e. The molecule has 1 heterocycles. The van der Waals surface area contributed by atoms with Gasteiger partial charge in [-0.15, -0.1) is 11.3 Å². The molecule has 0 saturated heterocycles. The van der Waals surface area contributed by atoms with Gasteiger partial charge in [0.2, 0.25) is 0 Å². The fourth-order valence-corrected chi connectivity index (χ4v) is 4.49. The predicted molar refractivity (Wildman–Crippen MR) is 111 cm³/mol. The number of nitrogens with one attached hydrogen (secondary N) is 1. The minimum Gasteiger partial charge on any atom is -0.322 e. The third-order valence-corrected chi connectivity index (χ3v) is 5.81. The molecule has 0 spiro atoms. The molecular formula is C23H21NOS. The molecule has 4 rings (SSSR count). The third kappa shape index (κ3) is 3.78. The van der Waals surface area contributed by atoms with Crippen LogP contribution in [0.2, 0.25) is 0 Å². The number of carbonyl (C=O) groups is 1. The third-order valence-electron chi connectivity index (χ3n) is 4.72. The fourth-order valence-electron chi connectivity index (χ4n) is 3.36.